The van der Waals surface area contributed by atoms with Crippen molar-refractivity contribution >= 4 is 11.8 Å². The molecule has 0 aliphatic heterocycles. The molecule has 0 spiro atoms. The number of thioether (sulfide) groups is 1. The highest BCUT2D eigenvalue weighted by Crippen LogP contribution is 2.21. The fourth-order valence-electron chi connectivity index (χ4n) is 2.04. The number of hydrogen-bond acceptors (Lipinski definition) is 4. The smallest absolute Gasteiger partial charge is 0.284 e. The minimum absolute atomic E-state index is 0.187. The highest BCUT2D eigenvalue weighted by molar-refractivity contribution is 7.98. The molecule has 3 nitrogen and oxygen atoms in total. The topological polar surface area (TPSA) is 34.4 Å². The van der Waals surface area contributed by atoms with E-state index in [0.29, 0.717) is 30.6 Å². The predicted octanol–water partition coefficient (Wildman–Crippen LogP) is 4.34. The van der Waals surface area contributed by atoms with Gasteiger partial charge < -0.3 is 14.5 Å². The summed E-state index contributed by atoms with van der Waals surface area (Å²) in [6.45, 7) is 3.23. The molecule has 22 heavy (non-hydrogen) atoms. The van der Waals surface area contributed by atoms with Gasteiger partial charge in [-0.05, 0) is 36.2 Å². The Kier molecular flexibility index (Phi) is 6.27. The molecule has 1 N–H and O–H groups in total. The van der Waals surface area contributed by atoms with Crippen molar-refractivity contribution in [1.29, 1.82) is 0 Å². The maximum absolute atomic E-state index is 12.1. The van der Waals surface area contributed by atoms with Crippen LogP contribution < -0.4 is 10.1 Å². The molecule has 0 radical (unpaired) electrons. The maximum Gasteiger partial charge on any atom is 0.284 e. The number of methoxy groups -OCH3 is 1. The molecule has 2 rings (SSSR count). The van der Waals surface area contributed by atoms with Crippen LogP contribution in [0.2, 0.25) is 0 Å². The molecule has 2 aromatic rings. The number of benzene rings is 1. The van der Waals surface area contributed by atoms with E-state index in [4.69, 9.17) is 9.15 Å². The third-order valence-electron chi connectivity index (χ3n) is 3.17. The molecule has 6 heteroatoms. The first-order valence-electron chi connectivity index (χ1n) is 6.90. The minimum atomic E-state index is -2.37. The van der Waals surface area contributed by atoms with Crippen LogP contribution in [0.5, 0.6) is 5.75 Å². The van der Waals surface area contributed by atoms with E-state index in [0.717, 1.165) is 22.6 Å². The molecular weight excluding hydrogens is 308 g/mol. The average molecular weight is 327 g/mol. The van der Waals surface area contributed by atoms with Crippen LogP contribution in [-0.4, -0.2) is 12.9 Å². The van der Waals surface area contributed by atoms with Crippen molar-refractivity contribution < 1.29 is 17.9 Å². The highest BCUT2D eigenvalue weighted by atomic mass is 32.2. The molecule has 1 aromatic carbocycles. The quantitative estimate of drug-likeness (QED) is 0.782. The fourth-order valence-corrected chi connectivity index (χ4v) is 2.49. The largest absolute Gasteiger partial charge is 0.496 e. The van der Waals surface area contributed by atoms with Crippen LogP contribution in [-0.2, 0) is 18.8 Å². The Morgan fingerprint density at radius 3 is 2.68 bits per heavy atom. The Balaban J connectivity index is 1.81. The van der Waals surface area contributed by atoms with Crippen LogP contribution in [0.1, 0.15) is 22.6 Å². The van der Waals surface area contributed by atoms with Gasteiger partial charge in [-0.25, -0.2) is 0 Å². The van der Waals surface area contributed by atoms with Crippen molar-refractivity contribution in [3.8, 4) is 5.75 Å². The summed E-state index contributed by atoms with van der Waals surface area (Å²) in [6.07, 6.45) is 0. The SMILES string of the molecule is COc1cc(CNCc2ccc(CSC(F)F)o2)ccc1C. The van der Waals surface area contributed by atoms with E-state index in [2.05, 4.69) is 5.32 Å². The van der Waals surface area contributed by atoms with E-state index in [9.17, 15) is 8.78 Å². The van der Waals surface area contributed by atoms with E-state index < -0.39 is 5.76 Å². The maximum atomic E-state index is 12.1. The molecule has 0 unspecified atom stereocenters. The van der Waals surface area contributed by atoms with Crippen LogP contribution >= 0.6 is 11.8 Å². The lowest BCUT2D eigenvalue weighted by Crippen LogP contribution is -2.12. The summed E-state index contributed by atoms with van der Waals surface area (Å²) < 4.78 is 35.0. The minimum Gasteiger partial charge on any atom is -0.496 e. The second-order valence-corrected chi connectivity index (χ2v) is 5.83. The second-order valence-electron chi connectivity index (χ2n) is 4.85. The lowest BCUT2D eigenvalue weighted by molar-refractivity contribution is 0.251. The summed E-state index contributed by atoms with van der Waals surface area (Å²) in [5, 5.41) is 3.26. The van der Waals surface area contributed by atoms with Gasteiger partial charge in [-0.1, -0.05) is 23.9 Å². The number of hydrogen-bond donors (Lipinski definition) is 1. The molecule has 120 valence electrons. The van der Waals surface area contributed by atoms with Gasteiger partial charge in [0.25, 0.3) is 5.76 Å². The Hall–Kier alpha value is -1.53. The van der Waals surface area contributed by atoms with Gasteiger partial charge in [0.05, 0.1) is 19.4 Å². The van der Waals surface area contributed by atoms with Crippen molar-refractivity contribution in [3.63, 3.8) is 0 Å². The van der Waals surface area contributed by atoms with Gasteiger partial charge in [0.1, 0.15) is 17.3 Å². The van der Waals surface area contributed by atoms with E-state index in [1.54, 1.807) is 13.2 Å². The monoisotopic (exact) mass is 327 g/mol. The van der Waals surface area contributed by atoms with E-state index in [1.165, 1.54) is 0 Å². The predicted molar refractivity (Wildman–Crippen MR) is 84.3 cm³/mol. The molecule has 1 aromatic heterocycles. The normalized spacial score (nSPS) is 11.1. The van der Waals surface area contributed by atoms with Crippen molar-refractivity contribution in [2.24, 2.45) is 0 Å². The van der Waals surface area contributed by atoms with Gasteiger partial charge in [0.15, 0.2) is 0 Å². The van der Waals surface area contributed by atoms with Crippen LogP contribution in [0.15, 0.2) is 34.7 Å². The molecule has 0 aliphatic carbocycles. The van der Waals surface area contributed by atoms with Crippen molar-refractivity contribution in [1.82, 2.24) is 5.32 Å². The average Bonchev–Trinajstić information content (AvgIpc) is 2.95. The highest BCUT2D eigenvalue weighted by Gasteiger charge is 2.07. The number of furan rings is 1. The summed E-state index contributed by atoms with van der Waals surface area (Å²) in [6, 6.07) is 9.60. The molecule has 0 fully saturated rings. The molecular formula is C16H19F2NO2S. The van der Waals surface area contributed by atoms with Crippen LogP contribution in [0.4, 0.5) is 8.78 Å². The van der Waals surface area contributed by atoms with Crippen LogP contribution in [0.3, 0.4) is 0 Å². The van der Waals surface area contributed by atoms with Crippen LogP contribution in [0.25, 0.3) is 0 Å². The summed E-state index contributed by atoms with van der Waals surface area (Å²) in [5.41, 5.74) is 2.21. The summed E-state index contributed by atoms with van der Waals surface area (Å²) >= 11 is 0.562. The van der Waals surface area contributed by atoms with Crippen molar-refractivity contribution in [2.75, 3.05) is 7.11 Å². The molecule has 0 aliphatic rings. The van der Waals surface area contributed by atoms with Gasteiger partial charge in [-0.3, -0.25) is 0 Å². The third kappa shape index (κ3) is 5.03. The molecule has 0 atom stereocenters. The van der Waals surface area contributed by atoms with Gasteiger partial charge >= 0.3 is 0 Å². The van der Waals surface area contributed by atoms with Gasteiger partial charge in [-0.15, -0.1) is 0 Å². The summed E-state index contributed by atoms with van der Waals surface area (Å²) in [4.78, 5) is 0. The zero-order valence-electron chi connectivity index (χ0n) is 12.6. The van der Waals surface area contributed by atoms with E-state index in [-0.39, 0.29) is 5.75 Å². The molecule has 0 bridgehead atoms. The lowest BCUT2D eigenvalue weighted by atomic mass is 10.1. The molecule has 0 amide bonds. The zero-order valence-corrected chi connectivity index (χ0v) is 13.4. The first-order valence-corrected chi connectivity index (χ1v) is 7.95. The number of aryl methyl sites for hydroxylation is 1. The van der Waals surface area contributed by atoms with Crippen molar-refractivity contribution in [3.05, 3.63) is 53.0 Å². The van der Waals surface area contributed by atoms with Crippen LogP contribution in [0, 0.1) is 6.92 Å². The lowest BCUT2D eigenvalue weighted by Gasteiger charge is -2.08. The second kappa shape index (κ2) is 8.19. The molecule has 0 saturated carbocycles. The number of halogens is 2. The first-order chi connectivity index (χ1) is 10.6. The summed E-state index contributed by atoms with van der Waals surface area (Å²) in [5.74, 6) is -0.0119. The Bertz CT molecular complexity index is 602. The first kappa shape index (κ1) is 16.8. The number of ether oxygens (including phenoxy) is 1. The number of nitrogens with one attached hydrogen (secondary N) is 1. The van der Waals surface area contributed by atoms with Gasteiger partial charge in [0, 0.05) is 6.54 Å². The standard InChI is InChI=1S/C16H19F2NO2S/c1-11-3-4-12(7-15(11)20-2)8-19-9-13-5-6-14(21-13)10-22-16(17)18/h3-7,16,19H,8-10H2,1-2H3. The fraction of sp³-hybridized carbons (Fsp3) is 0.375. The number of rotatable bonds is 8. The molecule has 0 saturated heterocycles. The van der Waals surface area contributed by atoms with E-state index >= 15 is 0 Å². The zero-order chi connectivity index (χ0) is 15.9. The Morgan fingerprint density at radius 2 is 1.95 bits per heavy atom. The van der Waals surface area contributed by atoms with Gasteiger partial charge in [-0.2, -0.15) is 8.78 Å². The molecule has 1 heterocycles. The Labute approximate surface area is 133 Å². The summed E-state index contributed by atoms with van der Waals surface area (Å²) in [7, 11) is 1.65. The van der Waals surface area contributed by atoms with Gasteiger partial charge in [0.2, 0.25) is 0 Å². The van der Waals surface area contributed by atoms with Crippen molar-refractivity contribution in [2.45, 2.75) is 31.5 Å². The third-order valence-corrected chi connectivity index (χ3v) is 3.87. The van der Waals surface area contributed by atoms with E-state index in [1.807, 2.05) is 31.2 Å². The Morgan fingerprint density at radius 1 is 1.18 bits per heavy atom. The number of alkyl halides is 2.